The van der Waals surface area contributed by atoms with Crippen molar-refractivity contribution < 1.29 is 9.59 Å². The number of carbonyl (C=O) groups is 2. The Morgan fingerprint density at radius 1 is 0.577 bits per heavy atom. The molecule has 254 valence electrons. The minimum Gasteiger partial charge on any atom is -0.357 e. The highest BCUT2D eigenvalue weighted by Gasteiger charge is 2.69. The lowest BCUT2D eigenvalue weighted by Gasteiger charge is -2.41. The molecule has 0 saturated carbocycles. The quantitative estimate of drug-likeness (QED) is 0.201. The van der Waals surface area contributed by atoms with Crippen LogP contribution >= 0.6 is 69.6 Å². The highest BCUT2D eigenvalue weighted by Crippen LogP contribution is 2.53. The molecule has 2 aromatic carbocycles. The number of H-pyrrole nitrogens is 2. The number of aromatic nitrogens is 2. The largest absolute Gasteiger partial charge is 0.357 e. The van der Waals surface area contributed by atoms with E-state index in [4.69, 9.17) is 69.6 Å². The lowest BCUT2D eigenvalue weighted by molar-refractivity contribution is -0.129. The van der Waals surface area contributed by atoms with E-state index in [0.29, 0.717) is 65.1 Å². The first-order valence-corrected chi connectivity index (χ1v) is 17.4. The summed E-state index contributed by atoms with van der Waals surface area (Å²) in [6, 6.07) is 20.0. The standard InChI is InChI=1S/C38H18Cl6N6O2/c39-19-5-1-6-20(40)29(19)31(23-9-3-15-47-23)25-11-13-27(49-25)37(17-45)35(51)33(43)34(44)36(52)38(37,18-46)28-14-12-26(50-28)32(24-10-4-16-48-24)30-21(41)7-2-8-22(30)42/h1-16,49-50H/b31-23+,32-24+/t37-,38-/m1/s1. The van der Waals surface area contributed by atoms with Crippen molar-refractivity contribution in [1.82, 2.24) is 9.97 Å². The molecular formula is C38H18Cl6N6O2. The number of Topliss-reactive ketones (excluding diaryl/α,β-unsaturated/α-hetero) is 2. The Labute approximate surface area is 326 Å². The van der Waals surface area contributed by atoms with Gasteiger partial charge in [-0.3, -0.25) is 19.6 Å². The zero-order chi connectivity index (χ0) is 36.9. The molecule has 4 heterocycles. The topological polar surface area (TPSA) is 138 Å². The molecule has 0 saturated heterocycles. The third-order valence-corrected chi connectivity index (χ3v) is 11.0. The summed E-state index contributed by atoms with van der Waals surface area (Å²) in [7, 11) is 0. The Bertz CT molecular complexity index is 2330. The Morgan fingerprint density at radius 2 is 0.942 bits per heavy atom. The van der Waals surface area contributed by atoms with Crippen LogP contribution in [0, 0.1) is 22.7 Å². The molecule has 2 aromatic heterocycles. The molecule has 0 amide bonds. The van der Waals surface area contributed by atoms with Gasteiger partial charge in [-0.15, -0.1) is 0 Å². The molecule has 2 atom stereocenters. The van der Waals surface area contributed by atoms with Crippen molar-refractivity contribution in [2.45, 2.75) is 10.8 Å². The number of allylic oxidation sites excluding steroid dienone is 6. The number of rotatable bonds is 6. The fourth-order valence-electron chi connectivity index (χ4n) is 6.60. The molecule has 52 heavy (non-hydrogen) atoms. The van der Waals surface area contributed by atoms with Gasteiger partial charge in [-0.05, 0) is 72.8 Å². The van der Waals surface area contributed by atoms with E-state index in [2.05, 4.69) is 20.0 Å². The normalized spacial score (nSPS) is 22.7. The van der Waals surface area contributed by atoms with Crippen molar-refractivity contribution >= 4 is 105 Å². The predicted molar refractivity (Wildman–Crippen MR) is 205 cm³/mol. The van der Waals surface area contributed by atoms with Crippen LogP contribution in [-0.4, -0.2) is 34.0 Å². The molecule has 0 fully saturated rings. The van der Waals surface area contributed by atoms with Gasteiger partial charge in [0.1, 0.15) is 10.1 Å². The van der Waals surface area contributed by atoms with Crippen molar-refractivity contribution in [3.63, 3.8) is 0 Å². The molecule has 0 radical (unpaired) electrons. The van der Waals surface area contributed by atoms with Crippen molar-refractivity contribution in [2.75, 3.05) is 0 Å². The SMILES string of the molecule is N#C[C@@]1(c2ccc(/C(=C3/C=CC=N3)c3c(Cl)cccc3Cl)[nH]2)C(=O)C(Cl)=C(Cl)C(=O)[C@@]1(C#N)c1ccc(/C(=C2/C=CC=N2)c2c(Cl)cccc2Cl)[nH]1. The van der Waals surface area contributed by atoms with E-state index in [9.17, 15) is 20.1 Å². The van der Waals surface area contributed by atoms with Crippen molar-refractivity contribution in [3.05, 3.63) is 160 Å². The van der Waals surface area contributed by atoms with Crippen LogP contribution in [0.25, 0.3) is 11.1 Å². The number of carbonyl (C=O) groups excluding carboxylic acids is 2. The number of hydrogen-bond donors (Lipinski definition) is 2. The molecule has 2 N–H and O–H groups in total. The van der Waals surface area contributed by atoms with E-state index in [1.165, 1.54) is 12.1 Å². The average Bonchev–Trinajstić information content (AvgIpc) is 3.98. The van der Waals surface area contributed by atoms with Crippen molar-refractivity contribution in [2.24, 2.45) is 9.98 Å². The average molecular weight is 803 g/mol. The van der Waals surface area contributed by atoms with Gasteiger partial charge in [-0.2, -0.15) is 10.5 Å². The van der Waals surface area contributed by atoms with Gasteiger partial charge in [0.2, 0.25) is 11.6 Å². The number of benzene rings is 2. The summed E-state index contributed by atoms with van der Waals surface area (Å²) in [4.78, 5) is 44.1. The van der Waals surface area contributed by atoms with Crippen LogP contribution < -0.4 is 0 Å². The first kappa shape index (κ1) is 35.5. The molecule has 0 bridgehead atoms. The maximum atomic E-state index is 14.5. The number of aliphatic imine (C=N–C) groups is 2. The number of hydrogen-bond acceptors (Lipinski definition) is 6. The molecule has 4 aromatic rings. The lowest BCUT2D eigenvalue weighted by Crippen LogP contribution is -2.60. The smallest absolute Gasteiger partial charge is 0.204 e. The zero-order valence-electron chi connectivity index (χ0n) is 26.1. The van der Waals surface area contributed by atoms with Gasteiger partial charge in [0, 0.05) is 57.5 Å². The van der Waals surface area contributed by atoms with E-state index >= 15 is 0 Å². The highest BCUT2D eigenvalue weighted by molar-refractivity contribution is 6.58. The van der Waals surface area contributed by atoms with Crippen LogP contribution in [0.3, 0.4) is 0 Å². The Balaban J connectivity index is 1.49. The fraction of sp³-hybridized carbons (Fsp3) is 0.0526. The van der Waals surface area contributed by atoms with Crippen LogP contribution in [0.4, 0.5) is 0 Å². The highest BCUT2D eigenvalue weighted by atomic mass is 35.5. The Kier molecular flexibility index (Phi) is 9.27. The molecule has 1 aliphatic carbocycles. The molecule has 2 aliphatic heterocycles. The van der Waals surface area contributed by atoms with Crippen LogP contribution in [0.5, 0.6) is 0 Å². The third-order valence-electron chi connectivity index (χ3n) is 8.93. The number of nitriles is 2. The number of halogens is 6. The number of nitrogens with one attached hydrogen (secondary N) is 2. The van der Waals surface area contributed by atoms with Gasteiger partial charge >= 0.3 is 0 Å². The number of aromatic amines is 2. The summed E-state index contributed by atoms with van der Waals surface area (Å²) in [5, 5.41) is 22.0. The summed E-state index contributed by atoms with van der Waals surface area (Å²) in [6.07, 6.45) is 10.0. The van der Waals surface area contributed by atoms with Crippen molar-refractivity contribution in [1.29, 1.82) is 10.5 Å². The third kappa shape index (κ3) is 5.18. The first-order valence-electron chi connectivity index (χ1n) is 15.2. The molecule has 3 aliphatic rings. The van der Waals surface area contributed by atoms with Crippen LogP contribution in [-0.2, 0) is 20.4 Å². The van der Waals surface area contributed by atoms with E-state index in [1.807, 2.05) is 12.1 Å². The van der Waals surface area contributed by atoms with Gasteiger partial charge in [-0.1, -0.05) is 81.7 Å². The van der Waals surface area contributed by atoms with E-state index in [-0.39, 0.29) is 11.4 Å². The van der Waals surface area contributed by atoms with Crippen LogP contribution in [0.2, 0.25) is 20.1 Å². The number of nitrogens with zero attached hydrogens (tertiary/aromatic N) is 4. The molecule has 8 nitrogen and oxygen atoms in total. The van der Waals surface area contributed by atoms with Gasteiger partial charge < -0.3 is 9.97 Å². The maximum absolute atomic E-state index is 14.5. The van der Waals surface area contributed by atoms with Gasteiger partial charge in [0.05, 0.1) is 43.6 Å². The van der Waals surface area contributed by atoms with Gasteiger partial charge in [0.25, 0.3) is 0 Å². The summed E-state index contributed by atoms with van der Waals surface area (Å²) in [6.45, 7) is 0. The minimum atomic E-state index is -2.61. The fourth-order valence-corrected chi connectivity index (χ4v) is 8.23. The Morgan fingerprint density at radius 3 is 1.25 bits per heavy atom. The monoisotopic (exact) mass is 800 g/mol. The van der Waals surface area contributed by atoms with E-state index in [0.717, 1.165) is 0 Å². The molecule has 0 spiro atoms. The number of ketones is 2. The molecule has 14 heteroatoms. The van der Waals surface area contributed by atoms with Gasteiger partial charge in [0.15, 0.2) is 10.8 Å². The zero-order valence-corrected chi connectivity index (χ0v) is 30.6. The van der Waals surface area contributed by atoms with Crippen LogP contribution in [0.15, 0.2) is 116 Å². The minimum absolute atomic E-state index is 0.133. The second kappa shape index (κ2) is 13.6. The maximum Gasteiger partial charge on any atom is 0.204 e. The van der Waals surface area contributed by atoms with Crippen molar-refractivity contribution in [3.8, 4) is 12.1 Å². The molecule has 7 rings (SSSR count). The predicted octanol–water partition coefficient (Wildman–Crippen LogP) is 9.82. The molecular weight excluding hydrogens is 785 g/mol. The summed E-state index contributed by atoms with van der Waals surface area (Å²) < 4.78 is 0. The summed E-state index contributed by atoms with van der Waals surface area (Å²) in [5.74, 6) is -2.15. The molecule has 0 unspecified atom stereocenters. The second-order valence-electron chi connectivity index (χ2n) is 11.6. The van der Waals surface area contributed by atoms with E-state index < -0.39 is 32.5 Å². The van der Waals surface area contributed by atoms with Gasteiger partial charge in [-0.25, -0.2) is 0 Å². The summed E-state index contributed by atoms with van der Waals surface area (Å²) >= 11 is 39.4. The van der Waals surface area contributed by atoms with Crippen LogP contribution in [0.1, 0.15) is 33.9 Å². The Hall–Kier alpha value is -4.90. The van der Waals surface area contributed by atoms with E-state index in [1.54, 1.807) is 85.3 Å². The lowest BCUT2D eigenvalue weighted by atomic mass is 9.55. The summed E-state index contributed by atoms with van der Waals surface area (Å²) in [5.41, 5.74) is -2.23. The second-order valence-corrected chi connectivity index (χ2v) is 14.0. The first-order chi connectivity index (χ1) is 25.0.